The second kappa shape index (κ2) is 6.49. The second-order valence-corrected chi connectivity index (χ2v) is 8.11. The number of carbonyl (C=O) groups is 2. The van der Waals surface area contributed by atoms with Gasteiger partial charge in [0.15, 0.2) is 5.60 Å². The van der Waals surface area contributed by atoms with Crippen molar-refractivity contribution in [2.24, 2.45) is 0 Å². The summed E-state index contributed by atoms with van der Waals surface area (Å²) in [5, 5.41) is 21.5. The Morgan fingerprint density at radius 2 is 2.06 bits per heavy atom. The maximum atomic E-state index is 13.5. The summed E-state index contributed by atoms with van der Waals surface area (Å²) in [6.07, 6.45) is 0.137. The van der Waals surface area contributed by atoms with E-state index >= 15 is 0 Å². The highest BCUT2D eigenvalue weighted by Crippen LogP contribution is 2.43. The number of pyridine rings is 2. The van der Waals surface area contributed by atoms with Crippen LogP contribution in [0.2, 0.25) is 0 Å². The van der Waals surface area contributed by atoms with Crippen LogP contribution in [0.15, 0.2) is 35.1 Å². The summed E-state index contributed by atoms with van der Waals surface area (Å²) in [5.41, 5.74) is 0.359. The van der Waals surface area contributed by atoms with Crippen molar-refractivity contribution in [2.45, 2.75) is 44.9 Å². The van der Waals surface area contributed by atoms with Crippen molar-refractivity contribution in [2.75, 3.05) is 0 Å². The van der Waals surface area contributed by atoms with Crippen LogP contribution in [0.5, 0.6) is 5.75 Å². The van der Waals surface area contributed by atoms with E-state index in [0.29, 0.717) is 27.9 Å². The number of aromatic hydroxyl groups is 1. The van der Waals surface area contributed by atoms with Gasteiger partial charge in [0.05, 0.1) is 28.5 Å². The van der Waals surface area contributed by atoms with E-state index in [0.717, 1.165) is 0 Å². The van der Waals surface area contributed by atoms with E-state index in [1.54, 1.807) is 25.1 Å². The Labute approximate surface area is 176 Å². The van der Waals surface area contributed by atoms with Crippen LogP contribution in [0.4, 0.5) is 0 Å². The number of fused-ring (bicyclic) bond motifs is 5. The number of Topliss-reactive ketones (excluding diaryl/α,β-unsaturated/α-hetero) is 1. The molecule has 2 N–H and O–H groups in total. The average molecular weight is 420 g/mol. The molecule has 0 bridgehead atoms. The summed E-state index contributed by atoms with van der Waals surface area (Å²) < 4.78 is 6.61. The highest BCUT2D eigenvalue weighted by molar-refractivity contribution is 5.88. The molecule has 2 aromatic heterocycles. The molecule has 0 aliphatic carbocycles. The van der Waals surface area contributed by atoms with Crippen LogP contribution in [0.3, 0.4) is 0 Å². The third-order valence-corrected chi connectivity index (χ3v) is 6.21. The zero-order chi connectivity index (χ0) is 22.1. The van der Waals surface area contributed by atoms with E-state index in [1.807, 2.05) is 6.07 Å². The highest BCUT2D eigenvalue weighted by Gasteiger charge is 2.46. The first-order valence-corrected chi connectivity index (χ1v) is 10.1. The van der Waals surface area contributed by atoms with Crippen LogP contribution in [0.1, 0.15) is 49.4 Å². The molecule has 8 heteroatoms. The third kappa shape index (κ3) is 2.64. The van der Waals surface area contributed by atoms with Crippen molar-refractivity contribution in [3.05, 3.63) is 57.4 Å². The van der Waals surface area contributed by atoms with Crippen LogP contribution in [-0.2, 0) is 26.5 Å². The molecule has 5 rings (SSSR count). The molecule has 1 aromatic carbocycles. The fraction of sp³-hybridized carbons (Fsp3) is 0.304. The molecule has 8 nitrogen and oxygen atoms in total. The minimum absolute atomic E-state index is 0.0515. The lowest BCUT2D eigenvalue weighted by Crippen LogP contribution is -2.44. The maximum absolute atomic E-state index is 13.5. The van der Waals surface area contributed by atoms with Crippen LogP contribution in [0.25, 0.3) is 22.3 Å². The molecule has 2 aliphatic heterocycles. The highest BCUT2D eigenvalue weighted by atomic mass is 16.6. The number of aliphatic hydroxyl groups is 1. The fourth-order valence-electron chi connectivity index (χ4n) is 4.62. The minimum atomic E-state index is -1.91. The number of ether oxygens (including phenoxy) is 1. The largest absolute Gasteiger partial charge is 0.508 e. The van der Waals surface area contributed by atoms with Gasteiger partial charge in [-0.15, -0.1) is 0 Å². The van der Waals surface area contributed by atoms with Gasteiger partial charge in [0.25, 0.3) is 5.56 Å². The van der Waals surface area contributed by atoms with Crippen molar-refractivity contribution in [1.82, 2.24) is 9.55 Å². The first-order chi connectivity index (χ1) is 14.7. The number of aromatic nitrogens is 2. The van der Waals surface area contributed by atoms with E-state index < -0.39 is 23.2 Å². The first-order valence-electron chi connectivity index (χ1n) is 10.1. The molecule has 4 heterocycles. The molecule has 2 aliphatic rings. The number of phenols is 1. The van der Waals surface area contributed by atoms with Gasteiger partial charge >= 0.3 is 5.97 Å². The van der Waals surface area contributed by atoms with Gasteiger partial charge in [0.1, 0.15) is 18.1 Å². The Kier molecular flexibility index (Phi) is 4.07. The Bertz CT molecular complexity index is 1360. The number of carbonyl (C=O) groups excluding carboxylic acids is 2. The molecule has 0 radical (unpaired) electrons. The van der Waals surface area contributed by atoms with Gasteiger partial charge in [0.2, 0.25) is 0 Å². The average Bonchev–Trinajstić information content (AvgIpc) is 3.02. The van der Waals surface area contributed by atoms with Crippen molar-refractivity contribution >= 4 is 22.7 Å². The summed E-state index contributed by atoms with van der Waals surface area (Å²) >= 11 is 0. The van der Waals surface area contributed by atoms with E-state index in [1.165, 1.54) is 17.6 Å². The number of cyclic esters (lactones) is 1. The number of hydrogen-bond donors (Lipinski definition) is 2. The number of phenolic OH excluding ortho intramolecular Hbond substituents is 1. The predicted molar refractivity (Wildman–Crippen MR) is 111 cm³/mol. The normalized spacial score (nSPS) is 21.4. The van der Waals surface area contributed by atoms with E-state index in [4.69, 9.17) is 9.72 Å². The minimum Gasteiger partial charge on any atom is -0.508 e. The number of benzene rings is 1. The third-order valence-electron chi connectivity index (χ3n) is 6.21. The molecular weight excluding hydrogens is 400 g/mol. The van der Waals surface area contributed by atoms with Gasteiger partial charge in [-0.3, -0.25) is 14.2 Å². The zero-order valence-corrected chi connectivity index (χ0v) is 17.0. The first kappa shape index (κ1) is 19.4. The molecule has 0 saturated heterocycles. The number of esters is 1. The Hall–Kier alpha value is -3.52. The molecule has 0 spiro atoms. The van der Waals surface area contributed by atoms with E-state index in [9.17, 15) is 24.6 Å². The molecule has 0 amide bonds. The van der Waals surface area contributed by atoms with Gasteiger partial charge in [-0.1, -0.05) is 6.92 Å². The fourth-order valence-corrected chi connectivity index (χ4v) is 4.62. The van der Waals surface area contributed by atoms with Crippen molar-refractivity contribution in [3.8, 4) is 17.1 Å². The summed E-state index contributed by atoms with van der Waals surface area (Å²) in [4.78, 5) is 42.6. The smallest absolute Gasteiger partial charge is 0.343 e. The van der Waals surface area contributed by atoms with Gasteiger partial charge in [-0.2, -0.15) is 0 Å². The molecule has 1 unspecified atom stereocenters. The summed E-state index contributed by atoms with van der Waals surface area (Å²) in [6, 6.07) is 7.64. The lowest BCUT2D eigenvalue weighted by Gasteiger charge is -2.32. The summed E-state index contributed by atoms with van der Waals surface area (Å²) in [7, 11) is 0. The summed E-state index contributed by atoms with van der Waals surface area (Å²) in [5.74, 6) is -0.794. The Balaban J connectivity index is 1.85. The lowest BCUT2D eigenvalue weighted by molar-refractivity contribution is -0.172. The number of nitrogens with zero attached hydrogens (tertiary/aromatic N) is 2. The standard InChI is InChI=1S/C23H20N2O6/c1-3-23(30)16-9-19-20-14(8-12-7-13(27)4-5-17(12)24-20)18(6-11(2)26)25(19)21(28)15(16)10-31-22(23)29/h4-5,7-9,18,27,30H,3,6,10H2,1-2H3/t18?,23-/m0/s1. The molecule has 158 valence electrons. The number of rotatable bonds is 3. The van der Waals surface area contributed by atoms with Crippen LogP contribution in [0, 0.1) is 0 Å². The Morgan fingerprint density at radius 1 is 1.29 bits per heavy atom. The van der Waals surface area contributed by atoms with Crippen LogP contribution >= 0.6 is 0 Å². The zero-order valence-electron chi connectivity index (χ0n) is 17.0. The van der Waals surface area contributed by atoms with E-state index in [2.05, 4.69) is 0 Å². The van der Waals surface area contributed by atoms with Crippen LogP contribution in [-0.4, -0.2) is 31.5 Å². The molecule has 0 fully saturated rings. The lowest BCUT2D eigenvalue weighted by atomic mass is 9.86. The van der Waals surface area contributed by atoms with Crippen LogP contribution < -0.4 is 5.56 Å². The molecule has 3 aromatic rings. The van der Waals surface area contributed by atoms with Gasteiger partial charge in [-0.05, 0) is 43.7 Å². The molecular formula is C23H20N2O6. The molecule has 2 atom stereocenters. The number of ketones is 1. The Morgan fingerprint density at radius 3 is 2.77 bits per heavy atom. The molecule has 0 saturated carbocycles. The van der Waals surface area contributed by atoms with Gasteiger partial charge < -0.3 is 14.9 Å². The monoisotopic (exact) mass is 420 g/mol. The maximum Gasteiger partial charge on any atom is 0.343 e. The topological polar surface area (TPSA) is 119 Å². The van der Waals surface area contributed by atoms with Crippen molar-refractivity contribution < 1.29 is 24.5 Å². The second-order valence-electron chi connectivity index (χ2n) is 8.11. The number of hydrogen-bond acceptors (Lipinski definition) is 7. The SMILES string of the molecule is CC[C@@]1(O)C(=O)OCc2c1cc1n(c2=O)C(CC(C)=O)c2cc3cc(O)ccc3nc2-1. The van der Waals surface area contributed by atoms with Crippen molar-refractivity contribution in [1.29, 1.82) is 0 Å². The van der Waals surface area contributed by atoms with E-state index in [-0.39, 0.29) is 42.1 Å². The molecule has 31 heavy (non-hydrogen) atoms. The predicted octanol–water partition coefficient (Wildman–Crippen LogP) is 2.31. The quantitative estimate of drug-likeness (QED) is 0.624. The van der Waals surface area contributed by atoms with Gasteiger partial charge in [0, 0.05) is 22.9 Å². The summed E-state index contributed by atoms with van der Waals surface area (Å²) in [6.45, 7) is 2.87. The van der Waals surface area contributed by atoms with Crippen molar-refractivity contribution in [3.63, 3.8) is 0 Å². The van der Waals surface area contributed by atoms with Gasteiger partial charge in [-0.25, -0.2) is 9.78 Å².